The number of carbonyl (C=O) groups excluding carboxylic acids is 8. The van der Waals surface area contributed by atoms with Crippen molar-refractivity contribution in [3.8, 4) is 0 Å². The van der Waals surface area contributed by atoms with Crippen LogP contribution in [0.2, 0.25) is 0 Å². The zero-order valence-corrected chi connectivity index (χ0v) is 31.0. The Balaban J connectivity index is 2.08. The zero-order chi connectivity index (χ0) is 39.4. The summed E-state index contributed by atoms with van der Waals surface area (Å²) in [4.78, 5) is 109. The lowest BCUT2D eigenvalue weighted by molar-refractivity contribution is -0.143. The van der Waals surface area contributed by atoms with Crippen LogP contribution in [-0.4, -0.2) is 113 Å². The molecule has 2 aliphatic rings. The molecule has 0 radical (unpaired) electrons. The fourth-order valence-electron chi connectivity index (χ4n) is 6.27. The molecule has 8 atom stereocenters. The molecule has 0 spiro atoms. The van der Waals surface area contributed by atoms with Gasteiger partial charge in [-0.2, -0.15) is 0 Å². The molecule has 17 nitrogen and oxygen atoms in total. The summed E-state index contributed by atoms with van der Waals surface area (Å²) in [5.74, 6) is -6.85. The Hall–Kier alpha value is -5.06. The molecule has 1 aromatic rings. The summed E-state index contributed by atoms with van der Waals surface area (Å²) in [6.07, 6.45) is 0.638. The number of nitrogens with two attached hydrogens (primary N) is 1. The smallest absolute Gasteiger partial charge is 0.246 e. The van der Waals surface area contributed by atoms with Crippen LogP contribution >= 0.6 is 0 Å². The molecule has 6 unspecified atom stereocenters. The van der Waals surface area contributed by atoms with E-state index in [0.717, 1.165) is 0 Å². The highest BCUT2D eigenvalue weighted by Gasteiger charge is 2.41. The highest BCUT2D eigenvalue weighted by atomic mass is 16.3. The third kappa shape index (κ3) is 12.0. The van der Waals surface area contributed by atoms with Crippen molar-refractivity contribution < 1.29 is 43.5 Å². The Labute approximate surface area is 309 Å². The summed E-state index contributed by atoms with van der Waals surface area (Å²) in [6, 6.07) is -0.237. The number of hydrogen-bond donors (Lipinski definition) is 8. The maximum atomic E-state index is 14.1. The third-order valence-corrected chi connectivity index (χ3v) is 9.48. The van der Waals surface area contributed by atoms with Crippen LogP contribution in [-0.2, 0) is 44.8 Å². The standard InChI is InChI=1S/C36H54N8O9/c1-6-20(4)29-36(53)44-14-10-13-27(44)35(52)41-24(16-22-11-8-7-9-12-22)32(49)40-25(17-28(37)46)33(50)42-26(18-45)34(51)39-23(15-19(2)3)31(48)38-21(5)30(47)43-29/h7-9,11-12,19-21,23-27,29,45H,6,10,13-18H2,1-5H3,(H2,37,46)(H,38,48)(H,39,51)(H,40,49)(H,41,52)(H,42,50)(H,43,47)/t20?,21?,23?,24-,25?,26-,27?,29?/m0/s1. The van der Waals surface area contributed by atoms with Gasteiger partial charge in [-0.1, -0.05) is 64.4 Å². The summed E-state index contributed by atoms with van der Waals surface area (Å²) >= 11 is 0. The van der Waals surface area contributed by atoms with E-state index in [1.807, 2.05) is 6.92 Å². The fourth-order valence-corrected chi connectivity index (χ4v) is 6.27. The van der Waals surface area contributed by atoms with Crippen molar-refractivity contribution in [2.75, 3.05) is 13.2 Å². The Bertz CT molecular complexity index is 1510. The van der Waals surface area contributed by atoms with Crippen LogP contribution < -0.4 is 37.6 Å². The molecule has 2 heterocycles. The predicted octanol–water partition coefficient (Wildman–Crippen LogP) is -1.88. The molecule has 0 bridgehead atoms. The molecular formula is C36H54N8O9. The number of aliphatic hydroxyl groups excluding tert-OH is 1. The van der Waals surface area contributed by atoms with Gasteiger partial charge in [0.2, 0.25) is 47.3 Å². The van der Waals surface area contributed by atoms with Gasteiger partial charge in [0, 0.05) is 13.0 Å². The van der Waals surface area contributed by atoms with Crippen molar-refractivity contribution in [1.29, 1.82) is 0 Å². The molecule has 0 aliphatic carbocycles. The topological polar surface area (TPSA) is 258 Å². The fraction of sp³-hybridized carbons (Fsp3) is 0.611. The van der Waals surface area contributed by atoms with Crippen LogP contribution in [0.5, 0.6) is 0 Å². The normalized spacial score (nSPS) is 27.6. The maximum absolute atomic E-state index is 14.1. The van der Waals surface area contributed by atoms with E-state index in [0.29, 0.717) is 18.4 Å². The quantitative estimate of drug-likeness (QED) is 0.141. The van der Waals surface area contributed by atoms with Crippen molar-refractivity contribution in [2.45, 2.75) is 115 Å². The van der Waals surface area contributed by atoms with Gasteiger partial charge >= 0.3 is 0 Å². The zero-order valence-electron chi connectivity index (χ0n) is 31.0. The van der Waals surface area contributed by atoms with Gasteiger partial charge < -0.3 is 47.6 Å². The van der Waals surface area contributed by atoms with E-state index in [9.17, 15) is 43.5 Å². The van der Waals surface area contributed by atoms with E-state index in [4.69, 9.17) is 5.73 Å². The molecule has 2 aliphatic heterocycles. The molecular weight excluding hydrogens is 688 g/mol. The number of benzene rings is 1. The molecule has 0 aromatic heterocycles. The Morgan fingerprint density at radius 2 is 1.36 bits per heavy atom. The Morgan fingerprint density at radius 3 is 1.96 bits per heavy atom. The van der Waals surface area contributed by atoms with Crippen LogP contribution in [0.1, 0.15) is 72.3 Å². The van der Waals surface area contributed by atoms with Crippen LogP contribution in [0.4, 0.5) is 0 Å². The van der Waals surface area contributed by atoms with Crippen molar-refractivity contribution in [1.82, 2.24) is 36.8 Å². The molecule has 17 heteroatoms. The lowest BCUT2D eigenvalue weighted by Crippen LogP contribution is -2.60. The maximum Gasteiger partial charge on any atom is 0.246 e. The number of hydrogen-bond acceptors (Lipinski definition) is 9. The minimum absolute atomic E-state index is 0.0344. The number of rotatable bonds is 9. The average Bonchev–Trinajstić information content (AvgIpc) is 3.61. The molecule has 3 rings (SSSR count). The highest BCUT2D eigenvalue weighted by molar-refractivity contribution is 5.99. The second-order valence-electron chi connectivity index (χ2n) is 14.2. The van der Waals surface area contributed by atoms with Gasteiger partial charge in [-0.05, 0) is 43.6 Å². The van der Waals surface area contributed by atoms with Crippen molar-refractivity contribution in [2.24, 2.45) is 17.6 Å². The largest absolute Gasteiger partial charge is 0.394 e. The monoisotopic (exact) mass is 742 g/mol. The van der Waals surface area contributed by atoms with E-state index in [1.165, 1.54) is 11.8 Å². The summed E-state index contributed by atoms with van der Waals surface area (Å²) < 4.78 is 0. The van der Waals surface area contributed by atoms with Crippen LogP contribution in [0, 0.1) is 11.8 Å². The first-order valence-electron chi connectivity index (χ1n) is 18.1. The van der Waals surface area contributed by atoms with E-state index in [1.54, 1.807) is 51.1 Å². The molecule has 2 saturated heterocycles. The first kappa shape index (κ1) is 42.4. The van der Waals surface area contributed by atoms with Gasteiger partial charge in [0.1, 0.15) is 42.3 Å². The summed E-state index contributed by atoms with van der Waals surface area (Å²) in [6.45, 7) is 7.95. The molecule has 1 aromatic carbocycles. The van der Waals surface area contributed by atoms with E-state index >= 15 is 0 Å². The van der Waals surface area contributed by atoms with Crippen LogP contribution in [0.3, 0.4) is 0 Å². The minimum atomic E-state index is -1.63. The van der Waals surface area contributed by atoms with Gasteiger partial charge in [-0.15, -0.1) is 0 Å². The number of fused-ring (bicyclic) bond motifs is 1. The molecule has 0 saturated carbocycles. The number of primary amides is 1. The number of amides is 8. The van der Waals surface area contributed by atoms with Crippen LogP contribution in [0.15, 0.2) is 30.3 Å². The number of aliphatic hydroxyl groups is 1. The van der Waals surface area contributed by atoms with Crippen molar-refractivity contribution >= 4 is 47.3 Å². The highest BCUT2D eigenvalue weighted by Crippen LogP contribution is 2.22. The van der Waals surface area contributed by atoms with Gasteiger partial charge in [-0.25, -0.2) is 0 Å². The van der Waals surface area contributed by atoms with E-state index in [-0.39, 0.29) is 37.6 Å². The van der Waals surface area contributed by atoms with Crippen molar-refractivity contribution in [3.63, 3.8) is 0 Å². The lowest BCUT2D eigenvalue weighted by atomic mass is 9.96. The molecule has 53 heavy (non-hydrogen) atoms. The summed E-state index contributed by atoms with van der Waals surface area (Å²) in [5, 5.41) is 25.4. The molecule has 2 fully saturated rings. The van der Waals surface area contributed by atoms with Gasteiger partial charge in [0.05, 0.1) is 13.0 Å². The third-order valence-electron chi connectivity index (χ3n) is 9.48. The molecule has 9 N–H and O–H groups in total. The Kier molecular flexibility index (Phi) is 15.7. The SMILES string of the molecule is CCC(C)C1NC(=O)C(C)NC(=O)C(CC(C)C)NC(=O)[C@H](CO)NC(=O)C(CC(N)=O)NC(=O)[C@H](Cc2ccccc2)NC(=O)C2CCCN2C1=O. The first-order valence-corrected chi connectivity index (χ1v) is 18.1. The average molecular weight is 743 g/mol. The van der Waals surface area contributed by atoms with E-state index < -0.39 is 103 Å². The van der Waals surface area contributed by atoms with E-state index in [2.05, 4.69) is 31.9 Å². The minimum Gasteiger partial charge on any atom is -0.394 e. The lowest BCUT2D eigenvalue weighted by Gasteiger charge is -2.32. The second kappa shape index (κ2) is 19.7. The first-order chi connectivity index (χ1) is 25.1. The van der Waals surface area contributed by atoms with Gasteiger partial charge in [-0.3, -0.25) is 38.4 Å². The summed E-state index contributed by atoms with van der Waals surface area (Å²) in [5.41, 5.74) is 6.06. The summed E-state index contributed by atoms with van der Waals surface area (Å²) in [7, 11) is 0. The number of carbonyl (C=O) groups is 8. The number of nitrogens with one attached hydrogen (secondary N) is 6. The predicted molar refractivity (Wildman–Crippen MR) is 192 cm³/mol. The molecule has 292 valence electrons. The Morgan fingerprint density at radius 1 is 0.792 bits per heavy atom. The van der Waals surface area contributed by atoms with Crippen molar-refractivity contribution in [3.05, 3.63) is 35.9 Å². The second-order valence-corrected chi connectivity index (χ2v) is 14.2. The van der Waals surface area contributed by atoms with Gasteiger partial charge in [0.25, 0.3) is 0 Å². The number of nitrogens with zero attached hydrogens (tertiary/aromatic N) is 1. The van der Waals surface area contributed by atoms with Gasteiger partial charge in [0.15, 0.2) is 0 Å². The van der Waals surface area contributed by atoms with Crippen LogP contribution in [0.25, 0.3) is 0 Å². The molecule has 8 amide bonds.